The Labute approximate surface area is 170 Å². The van der Waals surface area contributed by atoms with Gasteiger partial charge in [0.15, 0.2) is 0 Å². The van der Waals surface area contributed by atoms with Crippen molar-refractivity contribution >= 4 is 21.7 Å². The minimum Gasteiger partial charge on any atom is -0.334 e. The second kappa shape index (κ2) is 9.31. The van der Waals surface area contributed by atoms with E-state index in [0.717, 1.165) is 11.1 Å². The van der Waals surface area contributed by atoms with Crippen LogP contribution in [0.1, 0.15) is 11.1 Å². The zero-order chi connectivity index (χ0) is 20.7. The Bertz CT molecular complexity index is 1040. The highest BCUT2D eigenvalue weighted by Crippen LogP contribution is 2.19. The van der Waals surface area contributed by atoms with Gasteiger partial charge in [-0.1, -0.05) is 30.3 Å². The largest absolute Gasteiger partial charge is 0.334 e. The second-order valence-electron chi connectivity index (χ2n) is 6.43. The van der Waals surface area contributed by atoms with Crippen molar-refractivity contribution in [2.75, 3.05) is 12.4 Å². The molecule has 2 N–H and O–H groups in total. The van der Waals surface area contributed by atoms with Crippen LogP contribution in [-0.2, 0) is 23.1 Å². The van der Waals surface area contributed by atoms with Gasteiger partial charge in [-0.3, -0.25) is 4.98 Å². The predicted octanol–water partition coefficient (Wildman–Crippen LogP) is 3.22. The molecule has 150 valence electrons. The molecule has 29 heavy (non-hydrogen) atoms. The number of hydrogen-bond acceptors (Lipinski definition) is 4. The van der Waals surface area contributed by atoms with E-state index in [1.807, 2.05) is 42.5 Å². The van der Waals surface area contributed by atoms with Crippen LogP contribution in [0.2, 0.25) is 0 Å². The van der Waals surface area contributed by atoms with Crippen molar-refractivity contribution in [2.45, 2.75) is 18.0 Å². The van der Waals surface area contributed by atoms with Crippen LogP contribution >= 0.6 is 0 Å². The first-order valence-corrected chi connectivity index (χ1v) is 10.4. The Hall–Kier alpha value is -3.23. The second-order valence-corrected chi connectivity index (χ2v) is 8.48. The van der Waals surface area contributed by atoms with E-state index in [9.17, 15) is 13.2 Å². The molecule has 0 saturated heterocycles. The molecule has 2 aromatic carbocycles. The lowest BCUT2D eigenvalue weighted by Crippen LogP contribution is -2.28. The van der Waals surface area contributed by atoms with Gasteiger partial charge in [0.2, 0.25) is 10.0 Å². The Morgan fingerprint density at radius 2 is 1.59 bits per heavy atom. The van der Waals surface area contributed by atoms with Crippen molar-refractivity contribution in [1.82, 2.24) is 14.6 Å². The third kappa shape index (κ3) is 5.63. The molecule has 0 unspecified atom stereocenters. The molecule has 3 rings (SSSR count). The number of amides is 2. The van der Waals surface area contributed by atoms with Crippen LogP contribution < -0.4 is 10.6 Å². The van der Waals surface area contributed by atoms with Gasteiger partial charge in [-0.2, -0.15) is 4.31 Å². The SMILES string of the molecule is CN(Cc1ccccc1)S(=O)(=O)c1ccc(NC(=O)NCc2ccncc2)cc1. The molecule has 1 heterocycles. The van der Waals surface area contributed by atoms with E-state index in [0.29, 0.717) is 12.2 Å². The summed E-state index contributed by atoms with van der Waals surface area (Å²) in [6.07, 6.45) is 3.31. The molecule has 0 saturated carbocycles. The summed E-state index contributed by atoms with van der Waals surface area (Å²) in [5, 5.41) is 5.42. The maximum Gasteiger partial charge on any atom is 0.319 e. The van der Waals surface area contributed by atoms with Gasteiger partial charge in [0.1, 0.15) is 0 Å². The number of urea groups is 1. The van der Waals surface area contributed by atoms with Gasteiger partial charge in [-0.15, -0.1) is 0 Å². The lowest BCUT2D eigenvalue weighted by Gasteiger charge is -2.17. The van der Waals surface area contributed by atoms with E-state index in [1.165, 1.54) is 16.4 Å². The molecule has 2 amide bonds. The third-order valence-corrected chi connectivity index (χ3v) is 6.09. The molecular formula is C21H22N4O3S. The van der Waals surface area contributed by atoms with Crippen molar-refractivity contribution in [3.05, 3.63) is 90.3 Å². The number of aromatic nitrogens is 1. The van der Waals surface area contributed by atoms with Gasteiger partial charge in [-0.05, 0) is 47.5 Å². The maximum absolute atomic E-state index is 12.8. The Balaban J connectivity index is 1.59. The summed E-state index contributed by atoms with van der Waals surface area (Å²) in [5.74, 6) is 0. The number of hydrogen-bond donors (Lipinski definition) is 2. The fraction of sp³-hybridized carbons (Fsp3) is 0.143. The molecule has 8 heteroatoms. The first-order valence-electron chi connectivity index (χ1n) is 8.99. The summed E-state index contributed by atoms with van der Waals surface area (Å²) in [6.45, 7) is 0.645. The fourth-order valence-corrected chi connectivity index (χ4v) is 3.83. The van der Waals surface area contributed by atoms with E-state index < -0.39 is 10.0 Å². The molecule has 3 aromatic rings. The Kier molecular flexibility index (Phi) is 6.58. The molecule has 0 fully saturated rings. The quantitative estimate of drug-likeness (QED) is 0.626. The fourth-order valence-electron chi connectivity index (χ4n) is 2.67. The zero-order valence-corrected chi connectivity index (χ0v) is 16.8. The number of nitrogens with zero attached hydrogens (tertiary/aromatic N) is 2. The molecule has 0 aliphatic heterocycles. The number of anilines is 1. The summed E-state index contributed by atoms with van der Waals surface area (Å²) < 4.78 is 26.8. The first kappa shape index (κ1) is 20.5. The molecule has 0 atom stereocenters. The van der Waals surface area contributed by atoms with E-state index in [1.54, 1.807) is 31.6 Å². The monoisotopic (exact) mass is 410 g/mol. The number of pyridine rings is 1. The van der Waals surface area contributed by atoms with Crippen molar-refractivity contribution in [2.24, 2.45) is 0 Å². The van der Waals surface area contributed by atoms with Gasteiger partial charge in [0.25, 0.3) is 0 Å². The van der Waals surface area contributed by atoms with Crippen molar-refractivity contribution < 1.29 is 13.2 Å². The summed E-state index contributed by atoms with van der Waals surface area (Å²) in [5.41, 5.74) is 2.34. The van der Waals surface area contributed by atoms with Crippen molar-refractivity contribution in [3.63, 3.8) is 0 Å². The smallest absolute Gasteiger partial charge is 0.319 e. The Morgan fingerprint density at radius 1 is 0.931 bits per heavy atom. The van der Waals surface area contributed by atoms with Crippen LogP contribution in [0.4, 0.5) is 10.5 Å². The van der Waals surface area contributed by atoms with Gasteiger partial charge >= 0.3 is 6.03 Å². The number of carbonyl (C=O) groups excluding carboxylic acids is 1. The van der Waals surface area contributed by atoms with E-state index in [2.05, 4.69) is 15.6 Å². The van der Waals surface area contributed by atoms with Gasteiger partial charge in [-0.25, -0.2) is 13.2 Å². The highest BCUT2D eigenvalue weighted by atomic mass is 32.2. The normalized spacial score (nSPS) is 11.2. The molecule has 1 aromatic heterocycles. The van der Waals surface area contributed by atoms with Gasteiger partial charge in [0.05, 0.1) is 4.90 Å². The molecule has 0 aliphatic rings. The van der Waals surface area contributed by atoms with E-state index in [4.69, 9.17) is 0 Å². The molecule has 0 spiro atoms. The van der Waals surface area contributed by atoms with Crippen molar-refractivity contribution in [1.29, 1.82) is 0 Å². The van der Waals surface area contributed by atoms with Crippen molar-refractivity contribution in [3.8, 4) is 0 Å². The lowest BCUT2D eigenvalue weighted by atomic mass is 10.2. The van der Waals surface area contributed by atoms with Crippen LogP contribution in [0, 0.1) is 0 Å². The number of rotatable bonds is 7. The third-order valence-electron chi connectivity index (χ3n) is 4.27. The summed E-state index contributed by atoms with van der Waals surface area (Å²) in [6, 6.07) is 18.7. The summed E-state index contributed by atoms with van der Waals surface area (Å²) in [7, 11) is -2.09. The standard InChI is InChI=1S/C21H22N4O3S/c1-25(16-18-5-3-2-4-6-18)29(27,28)20-9-7-19(8-10-20)24-21(26)23-15-17-11-13-22-14-12-17/h2-14H,15-16H2,1H3,(H2,23,24,26). The lowest BCUT2D eigenvalue weighted by molar-refractivity contribution is 0.251. The number of carbonyl (C=O) groups is 1. The van der Waals surface area contributed by atoms with Gasteiger partial charge < -0.3 is 10.6 Å². The average molecular weight is 410 g/mol. The van der Waals surface area contributed by atoms with Crippen LogP contribution in [0.25, 0.3) is 0 Å². The molecular weight excluding hydrogens is 388 g/mol. The van der Waals surface area contributed by atoms with Crippen LogP contribution in [-0.4, -0.2) is 30.8 Å². The number of benzene rings is 2. The predicted molar refractivity (Wildman–Crippen MR) is 112 cm³/mol. The van der Waals surface area contributed by atoms with Crippen LogP contribution in [0.3, 0.4) is 0 Å². The highest BCUT2D eigenvalue weighted by molar-refractivity contribution is 7.89. The molecule has 7 nitrogen and oxygen atoms in total. The number of sulfonamides is 1. The summed E-state index contributed by atoms with van der Waals surface area (Å²) in [4.78, 5) is 16.1. The molecule has 0 aliphatic carbocycles. The zero-order valence-electron chi connectivity index (χ0n) is 15.9. The van der Waals surface area contributed by atoms with Crippen LogP contribution in [0.15, 0.2) is 84.0 Å². The molecule has 0 bridgehead atoms. The number of nitrogens with one attached hydrogen (secondary N) is 2. The summed E-state index contributed by atoms with van der Waals surface area (Å²) >= 11 is 0. The van der Waals surface area contributed by atoms with E-state index >= 15 is 0 Å². The Morgan fingerprint density at radius 3 is 2.24 bits per heavy atom. The maximum atomic E-state index is 12.8. The minimum absolute atomic E-state index is 0.165. The van der Waals surface area contributed by atoms with Gasteiger partial charge in [0, 0.05) is 38.2 Å². The highest BCUT2D eigenvalue weighted by Gasteiger charge is 2.20. The minimum atomic E-state index is -3.63. The first-order chi connectivity index (χ1) is 13.9. The van der Waals surface area contributed by atoms with E-state index in [-0.39, 0.29) is 17.5 Å². The molecule has 0 radical (unpaired) electrons. The average Bonchev–Trinajstić information content (AvgIpc) is 2.74. The van der Waals surface area contributed by atoms with Crippen LogP contribution in [0.5, 0.6) is 0 Å². The topological polar surface area (TPSA) is 91.4 Å².